The maximum absolute atomic E-state index is 13.0. The van der Waals surface area contributed by atoms with E-state index < -0.39 is 5.91 Å². The van der Waals surface area contributed by atoms with E-state index in [0.717, 1.165) is 42.9 Å². The first-order chi connectivity index (χ1) is 17.9. The van der Waals surface area contributed by atoms with Gasteiger partial charge in [0.2, 0.25) is 5.91 Å². The number of ketones is 1. The molecular formula is C29H31N5O3. The summed E-state index contributed by atoms with van der Waals surface area (Å²) >= 11 is 0. The smallest absolute Gasteiger partial charge is 0.248 e. The highest BCUT2D eigenvalue weighted by atomic mass is 16.3. The molecule has 4 rings (SSSR count). The van der Waals surface area contributed by atoms with Gasteiger partial charge in [-0.1, -0.05) is 38.1 Å². The first kappa shape index (κ1) is 25.7. The number of nitrogens with zero attached hydrogens (tertiary/aromatic N) is 2. The van der Waals surface area contributed by atoms with E-state index in [9.17, 15) is 14.7 Å². The average Bonchev–Trinajstić information content (AvgIpc) is 3.24. The molecule has 0 atom stereocenters. The first-order valence-corrected chi connectivity index (χ1v) is 12.3. The average molecular weight is 498 g/mol. The Labute approximate surface area is 215 Å². The minimum Gasteiger partial charge on any atom is -0.494 e. The summed E-state index contributed by atoms with van der Waals surface area (Å²) in [4.78, 5) is 34.2. The van der Waals surface area contributed by atoms with Gasteiger partial charge in [-0.05, 0) is 55.6 Å². The van der Waals surface area contributed by atoms with Crippen LogP contribution in [-0.4, -0.2) is 59.1 Å². The van der Waals surface area contributed by atoms with Crippen molar-refractivity contribution in [3.8, 4) is 5.88 Å². The Hall–Kier alpha value is -4.43. The topological polar surface area (TPSA) is 124 Å². The largest absolute Gasteiger partial charge is 0.494 e. The number of carbonyl (C=O) groups excluding carboxylic acids is 2. The number of likely N-dealkylation sites (N-methyl/N-ethyl adjacent to an activating group) is 1. The van der Waals surface area contributed by atoms with Crippen LogP contribution in [-0.2, 0) is 0 Å². The molecule has 0 saturated heterocycles. The number of carbonyl (C=O) groups is 2. The summed E-state index contributed by atoms with van der Waals surface area (Å²) in [5, 5.41) is 14.6. The zero-order valence-electron chi connectivity index (χ0n) is 21.0. The lowest BCUT2D eigenvalue weighted by Crippen LogP contribution is -2.28. The molecule has 5 N–H and O–H groups in total. The Balaban J connectivity index is 1.48. The van der Waals surface area contributed by atoms with Gasteiger partial charge in [-0.2, -0.15) is 0 Å². The molecule has 0 aliphatic heterocycles. The normalized spacial score (nSPS) is 11.4. The van der Waals surface area contributed by atoms with E-state index in [1.807, 2.05) is 24.3 Å². The number of nitrogens with two attached hydrogens (primary N) is 1. The number of rotatable bonds is 11. The highest BCUT2D eigenvalue weighted by molar-refractivity contribution is 6.12. The van der Waals surface area contributed by atoms with E-state index in [0.29, 0.717) is 22.2 Å². The third kappa shape index (κ3) is 6.05. The summed E-state index contributed by atoms with van der Waals surface area (Å²) in [5.74, 6) is -0.877. The third-order valence-corrected chi connectivity index (χ3v) is 6.35. The van der Waals surface area contributed by atoms with Crippen molar-refractivity contribution in [1.82, 2.24) is 9.88 Å². The molecule has 1 amide bonds. The number of H-pyrrole nitrogens is 1. The number of aromatic hydroxyl groups is 1. The van der Waals surface area contributed by atoms with Gasteiger partial charge in [-0.15, -0.1) is 0 Å². The molecule has 0 spiro atoms. The number of amides is 1. The van der Waals surface area contributed by atoms with Crippen molar-refractivity contribution in [1.29, 1.82) is 0 Å². The van der Waals surface area contributed by atoms with Crippen LogP contribution in [0.5, 0.6) is 5.88 Å². The van der Waals surface area contributed by atoms with E-state index in [1.54, 1.807) is 42.6 Å². The van der Waals surface area contributed by atoms with E-state index in [4.69, 9.17) is 5.73 Å². The van der Waals surface area contributed by atoms with E-state index in [-0.39, 0.29) is 17.2 Å². The molecule has 4 aromatic rings. The van der Waals surface area contributed by atoms with Crippen LogP contribution >= 0.6 is 0 Å². The summed E-state index contributed by atoms with van der Waals surface area (Å²) in [6.45, 7) is 8.25. The molecule has 0 bridgehead atoms. The molecular weight excluding hydrogens is 466 g/mol. The predicted octanol–water partition coefficient (Wildman–Crippen LogP) is 4.71. The van der Waals surface area contributed by atoms with Crippen molar-refractivity contribution in [2.24, 2.45) is 10.7 Å². The second kappa shape index (κ2) is 11.5. The fourth-order valence-electron chi connectivity index (χ4n) is 4.16. The van der Waals surface area contributed by atoms with Crippen LogP contribution in [0.1, 0.15) is 45.7 Å². The maximum Gasteiger partial charge on any atom is 0.248 e. The lowest BCUT2D eigenvalue weighted by atomic mass is 10.00. The number of benzene rings is 3. The number of aromatic amines is 1. The zero-order chi connectivity index (χ0) is 26.4. The van der Waals surface area contributed by atoms with Crippen LogP contribution in [0.25, 0.3) is 10.9 Å². The Morgan fingerprint density at radius 1 is 1.00 bits per heavy atom. The van der Waals surface area contributed by atoms with Crippen molar-refractivity contribution < 1.29 is 14.7 Å². The van der Waals surface area contributed by atoms with Crippen molar-refractivity contribution in [3.05, 3.63) is 89.0 Å². The van der Waals surface area contributed by atoms with Crippen LogP contribution in [0.3, 0.4) is 0 Å². The van der Waals surface area contributed by atoms with E-state index in [1.165, 1.54) is 6.07 Å². The fourth-order valence-corrected chi connectivity index (χ4v) is 4.16. The van der Waals surface area contributed by atoms with Crippen molar-refractivity contribution in [2.75, 3.05) is 31.5 Å². The van der Waals surface area contributed by atoms with Gasteiger partial charge < -0.3 is 26.0 Å². The maximum atomic E-state index is 13.0. The van der Waals surface area contributed by atoms with Crippen LogP contribution < -0.4 is 11.1 Å². The lowest BCUT2D eigenvalue weighted by molar-refractivity contribution is 0.1000. The molecule has 1 heterocycles. The molecule has 0 saturated carbocycles. The summed E-state index contributed by atoms with van der Waals surface area (Å²) in [6, 6.07) is 19.2. The van der Waals surface area contributed by atoms with Crippen molar-refractivity contribution in [2.45, 2.75) is 13.8 Å². The first-order valence-electron chi connectivity index (χ1n) is 12.3. The van der Waals surface area contributed by atoms with Crippen LogP contribution in [0.2, 0.25) is 0 Å². The van der Waals surface area contributed by atoms with Gasteiger partial charge in [0.15, 0.2) is 11.7 Å². The van der Waals surface area contributed by atoms with Gasteiger partial charge in [-0.25, -0.2) is 0 Å². The van der Waals surface area contributed by atoms with Gasteiger partial charge in [0.05, 0.1) is 11.3 Å². The molecule has 0 aliphatic carbocycles. The Morgan fingerprint density at radius 2 is 1.70 bits per heavy atom. The molecule has 3 aromatic carbocycles. The summed E-state index contributed by atoms with van der Waals surface area (Å²) in [6.07, 6.45) is 1.61. The molecule has 0 radical (unpaired) electrons. The van der Waals surface area contributed by atoms with Crippen molar-refractivity contribution in [3.63, 3.8) is 0 Å². The van der Waals surface area contributed by atoms with Gasteiger partial charge in [0.25, 0.3) is 0 Å². The number of primary amides is 1. The van der Waals surface area contributed by atoms with E-state index >= 15 is 0 Å². The summed E-state index contributed by atoms with van der Waals surface area (Å²) in [5.41, 5.74) is 9.30. The molecule has 37 heavy (non-hydrogen) atoms. The number of aliphatic imine (C=N–C) groups is 1. The number of aromatic nitrogens is 1. The zero-order valence-corrected chi connectivity index (χ0v) is 21.0. The summed E-state index contributed by atoms with van der Waals surface area (Å²) in [7, 11) is 0. The molecule has 190 valence electrons. The number of hydrogen-bond donors (Lipinski definition) is 4. The molecule has 0 unspecified atom stereocenters. The third-order valence-electron chi connectivity index (χ3n) is 6.35. The molecule has 8 nitrogen and oxygen atoms in total. The molecule has 0 fully saturated rings. The van der Waals surface area contributed by atoms with Gasteiger partial charge in [0, 0.05) is 52.6 Å². The predicted molar refractivity (Wildman–Crippen MR) is 148 cm³/mol. The number of nitrogens with one attached hydrogen (secondary N) is 2. The highest BCUT2D eigenvalue weighted by Crippen LogP contribution is 2.28. The highest BCUT2D eigenvalue weighted by Gasteiger charge is 2.15. The van der Waals surface area contributed by atoms with E-state index in [2.05, 4.69) is 34.0 Å². The monoisotopic (exact) mass is 497 g/mol. The lowest BCUT2D eigenvalue weighted by Gasteiger charge is -2.18. The molecule has 1 aromatic heterocycles. The van der Waals surface area contributed by atoms with Gasteiger partial charge >= 0.3 is 0 Å². The summed E-state index contributed by atoms with van der Waals surface area (Å²) < 4.78 is 0. The van der Waals surface area contributed by atoms with Crippen molar-refractivity contribution >= 4 is 40.2 Å². The van der Waals surface area contributed by atoms with Crippen LogP contribution in [0.4, 0.5) is 11.4 Å². The quantitative estimate of drug-likeness (QED) is 0.177. The van der Waals surface area contributed by atoms with Gasteiger partial charge in [0.1, 0.15) is 0 Å². The Morgan fingerprint density at radius 3 is 2.41 bits per heavy atom. The van der Waals surface area contributed by atoms with Gasteiger partial charge in [-0.3, -0.25) is 14.6 Å². The number of fused-ring (bicyclic) bond motifs is 1. The minimum atomic E-state index is -0.593. The second-order valence-electron chi connectivity index (χ2n) is 8.68. The molecule has 0 aliphatic rings. The Bertz CT molecular complexity index is 1440. The minimum absolute atomic E-state index is 0.0336. The Kier molecular flexibility index (Phi) is 8.00. The second-order valence-corrected chi connectivity index (χ2v) is 8.68. The van der Waals surface area contributed by atoms with Crippen LogP contribution in [0, 0.1) is 0 Å². The van der Waals surface area contributed by atoms with Crippen LogP contribution in [0.15, 0.2) is 71.7 Å². The number of hydrogen-bond acceptors (Lipinski definition) is 6. The molecule has 8 heteroatoms. The fraction of sp³-hybridized carbons (Fsp3) is 0.207. The SMILES string of the molecule is CCN(CC)CCNc1ccc(N=Cc2c(O)[nH]c3cc(C(=O)c4cccc(C(N)=O)c4)ccc23)cc1. The standard InChI is InChI=1S/C29H31N5O3/c1-3-34(4-2)15-14-31-22-9-11-23(12-10-22)32-18-25-24-13-8-20(17-26(24)33-29(25)37)27(35)19-6-5-7-21(16-19)28(30)36/h5-13,16-18,31,33,37H,3-4,14-15H2,1-2H3,(H2,30,36). The number of anilines is 1.